The Morgan fingerprint density at radius 1 is 1.11 bits per heavy atom. The monoisotopic (exact) mass is 263 g/mol. The molecule has 0 aliphatic carbocycles. The summed E-state index contributed by atoms with van der Waals surface area (Å²) >= 11 is 0. The molecular weight excluding hydrogens is 242 g/mol. The van der Waals surface area contributed by atoms with Crippen molar-refractivity contribution in [3.05, 3.63) is 24.3 Å². The number of nitrogens with one attached hydrogen (secondary N) is 3. The lowest BCUT2D eigenvalue weighted by atomic mass is 10.2. The van der Waals surface area contributed by atoms with E-state index in [-0.39, 0.29) is 17.9 Å². The first-order valence-electron chi connectivity index (χ1n) is 6.44. The van der Waals surface area contributed by atoms with Crippen LogP contribution >= 0.6 is 0 Å². The van der Waals surface area contributed by atoms with E-state index in [4.69, 9.17) is 0 Å². The number of anilines is 2. The Hall–Kier alpha value is -1.88. The van der Waals surface area contributed by atoms with Crippen LogP contribution < -0.4 is 16.0 Å². The summed E-state index contributed by atoms with van der Waals surface area (Å²) in [6, 6.07) is 6.79. The minimum atomic E-state index is -0.227. The summed E-state index contributed by atoms with van der Waals surface area (Å²) in [5.74, 6) is -0.185. The maximum absolute atomic E-state index is 11.8. The largest absolute Gasteiger partial charge is 0.326 e. The topological polar surface area (TPSA) is 70.2 Å². The van der Waals surface area contributed by atoms with E-state index in [1.54, 1.807) is 24.3 Å². The van der Waals surface area contributed by atoms with E-state index < -0.39 is 0 Å². The zero-order valence-corrected chi connectivity index (χ0v) is 11.6. The van der Waals surface area contributed by atoms with Crippen molar-refractivity contribution in [2.24, 2.45) is 0 Å². The van der Waals surface area contributed by atoms with Crippen LogP contribution in [0, 0.1) is 0 Å². The predicted octanol–water partition coefficient (Wildman–Crippen LogP) is 1.97. The van der Waals surface area contributed by atoms with E-state index in [1.807, 2.05) is 6.92 Å². The molecule has 1 rings (SSSR count). The fourth-order valence-corrected chi connectivity index (χ4v) is 1.54. The van der Waals surface area contributed by atoms with Gasteiger partial charge in [-0.25, -0.2) is 0 Å². The Morgan fingerprint density at radius 3 is 2.11 bits per heavy atom. The van der Waals surface area contributed by atoms with Gasteiger partial charge < -0.3 is 16.0 Å². The van der Waals surface area contributed by atoms with Crippen molar-refractivity contribution in [1.29, 1.82) is 0 Å². The molecular formula is C14H21N3O2. The highest BCUT2D eigenvalue weighted by molar-refractivity contribution is 5.95. The molecule has 0 spiro atoms. The summed E-state index contributed by atoms with van der Waals surface area (Å²) in [5, 5.41) is 8.61. The molecule has 0 aliphatic rings. The average Bonchev–Trinajstić information content (AvgIpc) is 2.37. The van der Waals surface area contributed by atoms with Gasteiger partial charge in [-0.2, -0.15) is 0 Å². The van der Waals surface area contributed by atoms with Crippen LogP contribution in [0.3, 0.4) is 0 Å². The second kappa shape index (κ2) is 7.53. The molecule has 1 aromatic rings. The van der Waals surface area contributed by atoms with Gasteiger partial charge in [0.15, 0.2) is 0 Å². The van der Waals surface area contributed by atoms with Crippen molar-refractivity contribution < 1.29 is 9.59 Å². The summed E-state index contributed by atoms with van der Waals surface area (Å²) < 4.78 is 0. The molecule has 0 aromatic heterocycles. The van der Waals surface area contributed by atoms with Gasteiger partial charge in [-0.05, 0) is 44.2 Å². The fourth-order valence-electron chi connectivity index (χ4n) is 1.54. The third kappa shape index (κ3) is 5.52. The summed E-state index contributed by atoms with van der Waals surface area (Å²) in [5.41, 5.74) is 1.42. The molecule has 0 bridgehead atoms. The maximum atomic E-state index is 11.8. The van der Waals surface area contributed by atoms with Crippen molar-refractivity contribution in [2.45, 2.75) is 33.2 Å². The lowest BCUT2D eigenvalue weighted by Gasteiger charge is -2.13. The van der Waals surface area contributed by atoms with Crippen LogP contribution in [-0.2, 0) is 9.59 Å². The Bertz CT molecular complexity index is 429. The van der Waals surface area contributed by atoms with Crippen LogP contribution in [-0.4, -0.2) is 24.4 Å². The molecule has 0 fully saturated rings. The summed E-state index contributed by atoms with van der Waals surface area (Å²) in [6.07, 6.45) is 0.989. The third-order valence-electron chi connectivity index (χ3n) is 2.57. The van der Waals surface area contributed by atoms with Crippen LogP contribution in [0.25, 0.3) is 0 Å². The molecule has 5 nitrogen and oxygen atoms in total. The molecule has 0 radical (unpaired) electrons. The summed E-state index contributed by atoms with van der Waals surface area (Å²) in [7, 11) is 0. The molecule has 1 aromatic carbocycles. The molecule has 104 valence electrons. The first-order chi connectivity index (χ1) is 9.02. The van der Waals surface area contributed by atoms with Gasteiger partial charge >= 0.3 is 0 Å². The smallest absolute Gasteiger partial charge is 0.241 e. The molecule has 5 heteroatoms. The van der Waals surface area contributed by atoms with Gasteiger partial charge in [0.05, 0.1) is 6.04 Å². The Morgan fingerprint density at radius 2 is 1.63 bits per heavy atom. The molecule has 0 aliphatic heterocycles. The highest BCUT2D eigenvalue weighted by Gasteiger charge is 2.11. The van der Waals surface area contributed by atoms with Gasteiger partial charge in [0.25, 0.3) is 0 Å². The van der Waals surface area contributed by atoms with Gasteiger partial charge in [0, 0.05) is 18.3 Å². The van der Waals surface area contributed by atoms with E-state index in [0.29, 0.717) is 11.4 Å². The number of carbonyl (C=O) groups excluding carboxylic acids is 2. The molecule has 19 heavy (non-hydrogen) atoms. The standard InChI is InChI=1S/C14H21N3O2/c1-4-9-15-10(2)14(19)17-13-7-5-12(6-8-13)16-11(3)18/h5-8,10,15H,4,9H2,1-3H3,(H,16,18)(H,17,19). The SMILES string of the molecule is CCCNC(C)C(=O)Nc1ccc(NC(C)=O)cc1. The zero-order valence-electron chi connectivity index (χ0n) is 11.6. The van der Waals surface area contributed by atoms with Crippen LogP contribution in [0.4, 0.5) is 11.4 Å². The van der Waals surface area contributed by atoms with Gasteiger partial charge in [-0.15, -0.1) is 0 Å². The van der Waals surface area contributed by atoms with E-state index in [1.165, 1.54) is 6.92 Å². The van der Waals surface area contributed by atoms with Crippen LogP contribution in [0.5, 0.6) is 0 Å². The first kappa shape index (κ1) is 15.2. The molecule has 2 amide bonds. The molecule has 1 unspecified atom stereocenters. The Kier molecular flexibility index (Phi) is 6.02. The normalized spacial score (nSPS) is 11.7. The second-order valence-electron chi connectivity index (χ2n) is 4.42. The van der Waals surface area contributed by atoms with Gasteiger partial charge in [-0.3, -0.25) is 9.59 Å². The van der Waals surface area contributed by atoms with Crippen molar-refractivity contribution in [1.82, 2.24) is 5.32 Å². The number of carbonyl (C=O) groups is 2. The minimum Gasteiger partial charge on any atom is -0.326 e. The molecule has 3 N–H and O–H groups in total. The average molecular weight is 263 g/mol. The summed E-state index contributed by atoms with van der Waals surface area (Å²) in [6.45, 7) is 6.15. The van der Waals surface area contributed by atoms with Crippen molar-refractivity contribution in [3.63, 3.8) is 0 Å². The Labute approximate surface area is 113 Å². The van der Waals surface area contributed by atoms with Gasteiger partial charge in [0.2, 0.25) is 11.8 Å². The van der Waals surface area contributed by atoms with E-state index in [0.717, 1.165) is 13.0 Å². The van der Waals surface area contributed by atoms with E-state index in [2.05, 4.69) is 22.9 Å². The zero-order chi connectivity index (χ0) is 14.3. The number of hydrogen-bond acceptors (Lipinski definition) is 3. The van der Waals surface area contributed by atoms with E-state index in [9.17, 15) is 9.59 Å². The maximum Gasteiger partial charge on any atom is 0.241 e. The molecule has 0 saturated carbocycles. The molecule has 0 heterocycles. The fraction of sp³-hybridized carbons (Fsp3) is 0.429. The first-order valence-corrected chi connectivity index (χ1v) is 6.44. The second-order valence-corrected chi connectivity index (χ2v) is 4.42. The predicted molar refractivity (Wildman–Crippen MR) is 77.1 cm³/mol. The highest BCUT2D eigenvalue weighted by Crippen LogP contribution is 2.13. The molecule has 1 atom stereocenters. The minimum absolute atomic E-state index is 0.0688. The number of benzene rings is 1. The quantitative estimate of drug-likeness (QED) is 0.735. The number of amides is 2. The third-order valence-corrected chi connectivity index (χ3v) is 2.57. The Balaban J connectivity index is 2.52. The van der Waals surface area contributed by atoms with Crippen LogP contribution in [0.1, 0.15) is 27.2 Å². The summed E-state index contributed by atoms with van der Waals surface area (Å²) in [4.78, 5) is 22.7. The van der Waals surface area contributed by atoms with Crippen molar-refractivity contribution in [2.75, 3.05) is 17.2 Å². The number of hydrogen-bond donors (Lipinski definition) is 3. The van der Waals surface area contributed by atoms with Crippen molar-refractivity contribution in [3.8, 4) is 0 Å². The molecule has 0 saturated heterocycles. The van der Waals surface area contributed by atoms with Gasteiger partial charge in [0.1, 0.15) is 0 Å². The van der Waals surface area contributed by atoms with E-state index >= 15 is 0 Å². The highest BCUT2D eigenvalue weighted by atomic mass is 16.2. The van der Waals surface area contributed by atoms with Crippen LogP contribution in [0.2, 0.25) is 0 Å². The number of rotatable bonds is 6. The van der Waals surface area contributed by atoms with Crippen molar-refractivity contribution >= 4 is 23.2 Å². The van der Waals surface area contributed by atoms with Crippen LogP contribution in [0.15, 0.2) is 24.3 Å². The lowest BCUT2D eigenvalue weighted by molar-refractivity contribution is -0.117. The van der Waals surface area contributed by atoms with Gasteiger partial charge in [-0.1, -0.05) is 6.92 Å². The lowest BCUT2D eigenvalue weighted by Crippen LogP contribution is -2.38.